The zero-order chi connectivity index (χ0) is 28.8. The van der Waals surface area contributed by atoms with Gasteiger partial charge < -0.3 is 4.57 Å². The molecular formula is C39H24N2S2. The summed E-state index contributed by atoms with van der Waals surface area (Å²) in [4.78, 5) is 3.99. The molecule has 3 heterocycles. The molecule has 0 spiro atoms. The van der Waals surface area contributed by atoms with Crippen LogP contribution in [0.1, 0.15) is 11.1 Å². The average molecular weight is 585 g/mol. The first-order valence-electron chi connectivity index (χ1n) is 14.4. The molecule has 2 nitrogen and oxygen atoms in total. The highest BCUT2D eigenvalue weighted by Crippen LogP contribution is 2.49. The van der Waals surface area contributed by atoms with E-state index in [4.69, 9.17) is 6.57 Å². The van der Waals surface area contributed by atoms with E-state index in [-0.39, 0.29) is 0 Å². The van der Waals surface area contributed by atoms with E-state index in [9.17, 15) is 0 Å². The number of aromatic nitrogens is 1. The second-order valence-corrected chi connectivity index (χ2v) is 13.4. The SMILES string of the molecule is [C-]#[N+]c1ccc(-c2cccc3c2sc2ccccc23)c2c1sc1c(-n3c4ccc(C)cc4c4cc(C)ccc43)cccc12. The van der Waals surface area contributed by atoms with Gasteiger partial charge >= 0.3 is 0 Å². The Labute approximate surface area is 256 Å². The largest absolute Gasteiger partial charge is 0.308 e. The van der Waals surface area contributed by atoms with Crippen LogP contribution >= 0.6 is 22.7 Å². The Morgan fingerprint density at radius 1 is 0.558 bits per heavy atom. The molecule has 9 rings (SSSR count). The molecule has 202 valence electrons. The maximum Gasteiger partial charge on any atom is 0.204 e. The van der Waals surface area contributed by atoms with E-state index >= 15 is 0 Å². The van der Waals surface area contributed by atoms with Crippen molar-refractivity contribution < 1.29 is 0 Å². The molecule has 0 radical (unpaired) electrons. The molecule has 4 heteroatoms. The molecule has 0 unspecified atom stereocenters. The molecule has 0 saturated heterocycles. The van der Waals surface area contributed by atoms with Gasteiger partial charge in [-0.3, -0.25) is 0 Å². The van der Waals surface area contributed by atoms with Gasteiger partial charge in [-0.05, 0) is 61.2 Å². The van der Waals surface area contributed by atoms with E-state index in [1.54, 1.807) is 11.3 Å². The summed E-state index contributed by atoms with van der Waals surface area (Å²) in [6, 6.07) is 39.7. The van der Waals surface area contributed by atoms with Gasteiger partial charge in [0.1, 0.15) is 0 Å². The van der Waals surface area contributed by atoms with Crippen molar-refractivity contribution >= 4 is 90.5 Å². The smallest absolute Gasteiger partial charge is 0.204 e. The fourth-order valence-corrected chi connectivity index (χ4v) is 9.35. The van der Waals surface area contributed by atoms with Crippen LogP contribution < -0.4 is 0 Å². The molecule has 6 aromatic carbocycles. The minimum atomic E-state index is 0.711. The predicted octanol–water partition coefficient (Wildman–Crippen LogP) is 12.4. The van der Waals surface area contributed by atoms with Crippen LogP contribution in [0, 0.1) is 20.4 Å². The Morgan fingerprint density at radius 3 is 2.02 bits per heavy atom. The van der Waals surface area contributed by atoms with Gasteiger partial charge in [0.05, 0.1) is 28.0 Å². The van der Waals surface area contributed by atoms with Crippen LogP contribution in [0.4, 0.5) is 5.69 Å². The Bertz CT molecular complexity index is 2600. The number of hydrogen-bond acceptors (Lipinski definition) is 2. The van der Waals surface area contributed by atoms with Gasteiger partial charge in [-0.2, -0.15) is 0 Å². The van der Waals surface area contributed by atoms with Gasteiger partial charge in [0.25, 0.3) is 0 Å². The number of benzene rings is 6. The Morgan fingerprint density at radius 2 is 1.26 bits per heavy atom. The maximum absolute atomic E-state index is 8.06. The highest BCUT2D eigenvalue weighted by molar-refractivity contribution is 7.27. The molecule has 0 aliphatic carbocycles. The standard InChI is InChI=1S/C39H24N2S2/c1-22-14-18-32-29(20-22)30-21-23(2)15-19-33(30)41(32)34-12-7-11-28-36-25(16-17-31(40-3)39(36)43-38(28)34)27-10-6-9-26-24-8-4-5-13-35(24)42-37(26)27/h4-21H,1-2H3. The second kappa shape index (κ2) is 9.02. The molecule has 9 aromatic rings. The van der Waals surface area contributed by atoms with Gasteiger partial charge in [-0.15, -0.1) is 22.7 Å². The molecule has 3 aromatic heterocycles. The van der Waals surface area contributed by atoms with Crippen molar-refractivity contribution in [2.45, 2.75) is 13.8 Å². The monoisotopic (exact) mass is 584 g/mol. The lowest BCUT2D eigenvalue weighted by molar-refractivity contribution is 1.20. The van der Waals surface area contributed by atoms with Crippen molar-refractivity contribution in [3.8, 4) is 16.8 Å². The van der Waals surface area contributed by atoms with Gasteiger partial charge in [0.2, 0.25) is 5.69 Å². The zero-order valence-electron chi connectivity index (χ0n) is 23.6. The summed E-state index contributed by atoms with van der Waals surface area (Å²) in [5, 5.41) is 7.51. The Hall–Kier alpha value is -4.95. The first kappa shape index (κ1) is 24.6. The lowest BCUT2D eigenvalue weighted by Gasteiger charge is -2.10. The second-order valence-electron chi connectivity index (χ2n) is 11.4. The normalized spacial score (nSPS) is 11.9. The van der Waals surface area contributed by atoms with Crippen LogP contribution in [0.15, 0.2) is 109 Å². The molecule has 43 heavy (non-hydrogen) atoms. The summed E-state index contributed by atoms with van der Waals surface area (Å²) >= 11 is 3.60. The lowest BCUT2D eigenvalue weighted by atomic mass is 9.97. The summed E-state index contributed by atoms with van der Waals surface area (Å²) in [5.41, 5.74) is 9.22. The van der Waals surface area contributed by atoms with Gasteiger partial charge in [0, 0.05) is 46.6 Å². The quantitative estimate of drug-likeness (QED) is 0.179. The highest BCUT2D eigenvalue weighted by atomic mass is 32.1. The first-order chi connectivity index (χ1) is 21.1. The summed E-state index contributed by atoms with van der Waals surface area (Å²) in [6.45, 7) is 12.4. The van der Waals surface area contributed by atoms with Crippen LogP contribution in [0.5, 0.6) is 0 Å². The summed E-state index contributed by atoms with van der Waals surface area (Å²) in [7, 11) is 0. The van der Waals surface area contributed by atoms with Crippen LogP contribution in [-0.4, -0.2) is 4.57 Å². The molecule has 0 aliphatic heterocycles. The molecular weight excluding hydrogens is 561 g/mol. The maximum atomic E-state index is 8.06. The van der Waals surface area contributed by atoms with Crippen molar-refractivity contribution in [1.82, 2.24) is 4.57 Å². The first-order valence-corrected chi connectivity index (χ1v) is 16.0. The van der Waals surface area contributed by atoms with Crippen LogP contribution in [0.3, 0.4) is 0 Å². The summed E-state index contributed by atoms with van der Waals surface area (Å²) in [6.07, 6.45) is 0. The molecule has 0 saturated carbocycles. The van der Waals surface area contributed by atoms with E-state index in [1.807, 2.05) is 17.4 Å². The van der Waals surface area contributed by atoms with Crippen molar-refractivity contribution in [1.29, 1.82) is 0 Å². The third-order valence-electron chi connectivity index (χ3n) is 8.74. The topological polar surface area (TPSA) is 9.29 Å². The third-order valence-corrected chi connectivity index (χ3v) is 11.2. The van der Waals surface area contributed by atoms with Gasteiger partial charge in [-0.25, -0.2) is 4.85 Å². The summed E-state index contributed by atoms with van der Waals surface area (Å²) in [5.74, 6) is 0. The fourth-order valence-electron chi connectivity index (χ4n) is 6.83. The third kappa shape index (κ3) is 3.44. The van der Waals surface area contributed by atoms with E-state index < -0.39 is 0 Å². The highest BCUT2D eigenvalue weighted by Gasteiger charge is 2.21. The zero-order valence-corrected chi connectivity index (χ0v) is 25.2. The number of aryl methyl sites for hydroxylation is 2. The number of nitrogens with zero attached hydrogens (tertiary/aromatic N) is 2. The molecule has 0 N–H and O–H groups in total. The van der Waals surface area contributed by atoms with E-state index in [2.05, 4.69) is 126 Å². The lowest BCUT2D eigenvalue weighted by Crippen LogP contribution is -1.94. The van der Waals surface area contributed by atoms with E-state index in [1.165, 1.54) is 79.7 Å². The minimum Gasteiger partial charge on any atom is -0.308 e. The molecule has 0 atom stereocenters. The summed E-state index contributed by atoms with van der Waals surface area (Å²) < 4.78 is 7.28. The van der Waals surface area contributed by atoms with Crippen molar-refractivity contribution in [3.05, 3.63) is 132 Å². The minimum absolute atomic E-state index is 0.711. The average Bonchev–Trinajstić information content (AvgIpc) is 3.70. The van der Waals surface area contributed by atoms with Crippen molar-refractivity contribution in [3.63, 3.8) is 0 Å². The number of rotatable bonds is 2. The van der Waals surface area contributed by atoms with E-state index in [0.29, 0.717) is 5.69 Å². The Kier molecular flexibility index (Phi) is 5.17. The van der Waals surface area contributed by atoms with Crippen LogP contribution in [-0.2, 0) is 0 Å². The molecule has 0 fully saturated rings. The van der Waals surface area contributed by atoms with Gasteiger partial charge in [0.15, 0.2) is 0 Å². The fraction of sp³-hybridized carbons (Fsp3) is 0.0513. The van der Waals surface area contributed by atoms with Crippen molar-refractivity contribution in [2.24, 2.45) is 0 Å². The van der Waals surface area contributed by atoms with Crippen molar-refractivity contribution in [2.75, 3.05) is 0 Å². The molecule has 0 amide bonds. The van der Waals surface area contributed by atoms with Crippen LogP contribution in [0.2, 0.25) is 0 Å². The van der Waals surface area contributed by atoms with Crippen LogP contribution in [0.25, 0.3) is 83.8 Å². The number of thiophene rings is 2. The van der Waals surface area contributed by atoms with Gasteiger partial charge in [-0.1, -0.05) is 83.9 Å². The number of hydrogen-bond donors (Lipinski definition) is 0. The predicted molar refractivity (Wildman–Crippen MR) is 188 cm³/mol. The van der Waals surface area contributed by atoms with E-state index in [0.717, 1.165) is 10.4 Å². The molecule has 0 bridgehead atoms. The number of fused-ring (bicyclic) bond motifs is 9. The Balaban J connectivity index is 1.41. The molecule has 0 aliphatic rings.